The van der Waals surface area contributed by atoms with Crippen LogP contribution in [-0.2, 0) is 16.0 Å². The minimum absolute atomic E-state index is 0.0904. The number of piperidine rings is 2. The summed E-state index contributed by atoms with van der Waals surface area (Å²) >= 11 is 0. The zero-order valence-corrected chi connectivity index (χ0v) is 18.2. The highest BCUT2D eigenvalue weighted by atomic mass is 19.1. The van der Waals surface area contributed by atoms with Gasteiger partial charge in [0, 0.05) is 37.6 Å². The highest BCUT2D eigenvalue weighted by Crippen LogP contribution is 2.40. The number of aliphatic hydroxyl groups excluding tert-OH is 1. The lowest BCUT2D eigenvalue weighted by molar-refractivity contribution is -0.142. The number of carbonyl (C=O) groups is 2. The van der Waals surface area contributed by atoms with Crippen molar-refractivity contribution in [1.82, 2.24) is 9.80 Å². The lowest BCUT2D eigenvalue weighted by atomic mass is 9.70. The second kappa shape index (κ2) is 11.0. The molecule has 1 saturated carbocycles. The first-order chi connectivity index (χ1) is 15.0. The standard InChI is InChI=1S/C23H33FN2O2.CH2O2/c24-19-9-7-18(8-10-19)15-22(28)26-13-4-12-23(17-26)16-25(14-11-21(23)27)20-5-2-1-3-6-20;2-1-3/h7-10,20-21,27H,1-6,11-17H2;1H,(H,2,3)/t21-,23-;/m1./s1. The van der Waals surface area contributed by atoms with E-state index in [1.807, 2.05) is 4.90 Å². The summed E-state index contributed by atoms with van der Waals surface area (Å²) in [6, 6.07) is 6.85. The SMILES string of the molecule is O=C(Cc1ccc(F)cc1)N1CCC[C@]2(C1)CN(C1CCCCC1)CC[C@H]2O.O=CO. The van der Waals surface area contributed by atoms with Crippen LogP contribution in [-0.4, -0.2) is 70.7 Å². The Morgan fingerprint density at radius 2 is 1.74 bits per heavy atom. The number of hydrogen-bond acceptors (Lipinski definition) is 4. The minimum atomic E-state index is -0.325. The molecule has 7 heteroatoms. The van der Waals surface area contributed by atoms with Crippen LogP contribution < -0.4 is 0 Å². The molecule has 3 aliphatic rings. The molecule has 1 aromatic carbocycles. The quantitative estimate of drug-likeness (QED) is 0.715. The molecular weight excluding hydrogens is 399 g/mol. The summed E-state index contributed by atoms with van der Waals surface area (Å²) in [4.78, 5) is 25.8. The largest absolute Gasteiger partial charge is 0.483 e. The number of nitrogens with zero attached hydrogens (tertiary/aromatic N) is 2. The number of halogens is 1. The number of benzene rings is 1. The van der Waals surface area contributed by atoms with Crippen LogP contribution >= 0.6 is 0 Å². The van der Waals surface area contributed by atoms with Crippen molar-refractivity contribution in [3.05, 3.63) is 35.6 Å². The molecule has 31 heavy (non-hydrogen) atoms. The molecule has 2 aliphatic heterocycles. The summed E-state index contributed by atoms with van der Waals surface area (Å²) in [7, 11) is 0. The van der Waals surface area contributed by atoms with Gasteiger partial charge in [0.15, 0.2) is 0 Å². The molecule has 1 aromatic rings. The molecule has 2 N–H and O–H groups in total. The first-order valence-corrected chi connectivity index (χ1v) is 11.5. The van der Waals surface area contributed by atoms with Crippen LogP contribution in [0.5, 0.6) is 0 Å². The molecule has 2 atom stereocenters. The first-order valence-electron chi connectivity index (χ1n) is 11.5. The van der Waals surface area contributed by atoms with Crippen molar-refractivity contribution in [3.63, 3.8) is 0 Å². The van der Waals surface area contributed by atoms with Crippen LogP contribution in [0.4, 0.5) is 4.39 Å². The van der Waals surface area contributed by atoms with Crippen molar-refractivity contribution in [2.45, 2.75) is 69.9 Å². The van der Waals surface area contributed by atoms with Gasteiger partial charge in [-0.3, -0.25) is 14.5 Å². The van der Waals surface area contributed by atoms with Crippen molar-refractivity contribution in [3.8, 4) is 0 Å². The number of likely N-dealkylation sites (tertiary alicyclic amines) is 2. The predicted octanol–water partition coefficient (Wildman–Crippen LogP) is 3.08. The van der Waals surface area contributed by atoms with Gasteiger partial charge in [-0.05, 0) is 49.8 Å². The molecule has 2 saturated heterocycles. The molecule has 0 aromatic heterocycles. The molecule has 0 radical (unpaired) electrons. The van der Waals surface area contributed by atoms with Gasteiger partial charge in [0.25, 0.3) is 6.47 Å². The average molecular weight is 435 g/mol. The highest BCUT2D eigenvalue weighted by molar-refractivity contribution is 5.79. The Labute approximate surface area is 184 Å². The maximum Gasteiger partial charge on any atom is 0.290 e. The van der Waals surface area contributed by atoms with Crippen molar-refractivity contribution < 1.29 is 24.2 Å². The fraction of sp³-hybridized carbons (Fsp3) is 0.667. The Morgan fingerprint density at radius 3 is 2.42 bits per heavy atom. The molecule has 6 nitrogen and oxygen atoms in total. The molecule has 4 rings (SSSR count). The van der Waals surface area contributed by atoms with Crippen LogP contribution in [0.25, 0.3) is 0 Å². The van der Waals surface area contributed by atoms with Gasteiger partial charge in [0.05, 0.1) is 12.5 Å². The van der Waals surface area contributed by atoms with Gasteiger partial charge in [0.2, 0.25) is 5.91 Å². The van der Waals surface area contributed by atoms with Gasteiger partial charge < -0.3 is 15.1 Å². The van der Waals surface area contributed by atoms with Gasteiger partial charge in [-0.2, -0.15) is 0 Å². The van der Waals surface area contributed by atoms with E-state index in [-0.39, 0.29) is 29.7 Å². The second-order valence-corrected chi connectivity index (χ2v) is 9.26. The summed E-state index contributed by atoms with van der Waals surface area (Å²) < 4.78 is 13.1. The van der Waals surface area contributed by atoms with Crippen LogP contribution in [0.1, 0.15) is 56.9 Å². The molecule has 3 fully saturated rings. The molecule has 1 aliphatic carbocycles. The van der Waals surface area contributed by atoms with Crippen molar-refractivity contribution in [2.75, 3.05) is 26.2 Å². The minimum Gasteiger partial charge on any atom is -0.483 e. The van der Waals surface area contributed by atoms with E-state index in [0.717, 1.165) is 44.5 Å². The van der Waals surface area contributed by atoms with Crippen LogP contribution in [0.3, 0.4) is 0 Å². The van der Waals surface area contributed by atoms with E-state index in [4.69, 9.17) is 9.90 Å². The van der Waals surface area contributed by atoms with Crippen LogP contribution in [0.15, 0.2) is 24.3 Å². The molecule has 0 unspecified atom stereocenters. The Balaban J connectivity index is 0.000000858. The molecule has 172 valence electrons. The summed E-state index contributed by atoms with van der Waals surface area (Å²) in [5.74, 6) is -0.186. The topological polar surface area (TPSA) is 81.1 Å². The highest BCUT2D eigenvalue weighted by Gasteiger charge is 2.47. The van der Waals surface area contributed by atoms with Crippen LogP contribution in [0.2, 0.25) is 0 Å². The van der Waals surface area contributed by atoms with Crippen molar-refractivity contribution in [1.29, 1.82) is 0 Å². The van der Waals surface area contributed by atoms with E-state index < -0.39 is 0 Å². The van der Waals surface area contributed by atoms with E-state index in [0.29, 0.717) is 19.0 Å². The summed E-state index contributed by atoms with van der Waals surface area (Å²) in [6.07, 6.45) is 9.28. The van der Waals surface area contributed by atoms with Crippen molar-refractivity contribution in [2.24, 2.45) is 5.41 Å². The summed E-state index contributed by atoms with van der Waals surface area (Å²) in [6.45, 7) is 3.06. The number of carbonyl (C=O) groups excluding carboxylic acids is 1. The number of rotatable bonds is 3. The zero-order chi connectivity index (χ0) is 22.3. The normalized spacial score (nSPS) is 27.4. The number of amides is 1. The van der Waals surface area contributed by atoms with Gasteiger partial charge in [-0.25, -0.2) is 4.39 Å². The third kappa shape index (κ3) is 6.04. The molecular formula is C24H35FN2O4. The third-order valence-electron chi connectivity index (χ3n) is 7.24. The third-order valence-corrected chi connectivity index (χ3v) is 7.24. The molecule has 1 amide bonds. The lowest BCUT2D eigenvalue weighted by Crippen LogP contribution is -2.61. The Morgan fingerprint density at radius 1 is 1.06 bits per heavy atom. The first kappa shape index (κ1) is 23.7. The molecule has 2 heterocycles. The number of hydrogen-bond donors (Lipinski definition) is 2. The van der Waals surface area contributed by atoms with E-state index in [9.17, 15) is 14.3 Å². The number of aliphatic hydroxyl groups is 1. The predicted molar refractivity (Wildman–Crippen MR) is 116 cm³/mol. The Bertz CT molecular complexity index is 723. The summed E-state index contributed by atoms with van der Waals surface area (Å²) in [5, 5.41) is 17.8. The van der Waals surface area contributed by atoms with Gasteiger partial charge >= 0.3 is 0 Å². The fourth-order valence-electron chi connectivity index (χ4n) is 5.60. The van der Waals surface area contributed by atoms with Gasteiger partial charge in [0.1, 0.15) is 5.82 Å². The van der Waals surface area contributed by atoms with E-state index >= 15 is 0 Å². The fourth-order valence-corrected chi connectivity index (χ4v) is 5.60. The number of carboxylic acid groups (broad SMARTS) is 1. The van der Waals surface area contributed by atoms with Crippen molar-refractivity contribution >= 4 is 12.4 Å². The molecule has 1 spiro atoms. The Hall–Kier alpha value is -1.99. The van der Waals surface area contributed by atoms with E-state index in [1.54, 1.807) is 12.1 Å². The molecule has 0 bridgehead atoms. The van der Waals surface area contributed by atoms with E-state index in [1.165, 1.54) is 44.2 Å². The van der Waals surface area contributed by atoms with Gasteiger partial charge in [-0.1, -0.05) is 31.4 Å². The maximum absolute atomic E-state index is 13.1. The maximum atomic E-state index is 13.1. The monoisotopic (exact) mass is 434 g/mol. The second-order valence-electron chi connectivity index (χ2n) is 9.26. The van der Waals surface area contributed by atoms with Crippen LogP contribution in [0, 0.1) is 11.2 Å². The average Bonchev–Trinajstić information content (AvgIpc) is 2.79. The summed E-state index contributed by atoms with van der Waals surface area (Å²) in [5.41, 5.74) is 0.658. The smallest absolute Gasteiger partial charge is 0.290 e. The van der Waals surface area contributed by atoms with Gasteiger partial charge in [-0.15, -0.1) is 0 Å². The lowest BCUT2D eigenvalue weighted by Gasteiger charge is -2.53. The Kier molecular flexibility index (Phi) is 8.43. The zero-order valence-electron chi connectivity index (χ0n) is 18.2. The van der Waals surface area contributed by atoms with E-state index in [2.05, 4.69) is 4.90 Å².